The van der Waals surface area contributed by atoms with Crippen molar-refractivity contribution in [2.24, 2.45) is 0 Å². The molecule has 0 unspecified atom stereocenters. The van der Waals surface area contributed by atoms with E-state index in [9.17, 15) is 8.42 Å². The molecule has 0 saturated heterocycles. The van der Waals surface area contributed by atoms with Gasteiger partial charge in [-0.25, -0.2) is 13.1 Å². The number of fused-ring (bicyclic) bond motifs is 1. The molecule has 0 amide bonds. The first-order valence-corrected chi connectivity index (χ1v) is 9.42. The quantitative estimate of drug-likeness (QED) is 0.728. The molecule has 1 N–H and O–H groups in total. The first kappa shape index (κ1) is 15.9. The highest BCUT2D eigenvalue weighted by molar-refractivity contribution is 7.89. The van der Waals surface area contributed by atoms with Crippen LogP contribution in [0.4, 0.5) is 0 Å². The third kappa shape index (κ3) is 3.31. The molecule has 0 bridgehead atoms. The van der Waals surface area contributed by atoms with Gasteiger partial charge in [-0.05, 0) is 35.9 Å². The molecule has 1 aromatic carbocycles. The topological polar surface area (TPSA) is 86.4 Å². The van der Waals surface area contributed by atoms with E-state index < -0.39 is 10.0 Å². The Kier molecular flexibility index (Phi) is 4.06. The van der Waals surface area contributed by atoms with Gasteiger partial charge in [0.15, 0.2) is 0 Å². The number of ether oxygens (including phenoxy) is 1. The third-order valence-corrected chi connectivity index (χ3v) is 5.50. The van der Waals surface area contributed by atoms with Crippen molar-refractivity contribution in [2.75, 3.05) is 13.2 Å². The van der Waals surface area contributed by atoms with Gasteiger partial charge in [0.1, 0.15) is 11.5 Å². The summed E-state index contributed by atoms with van der Waals surface area (Å²) >= 11 is 0. The second-order valence-corrected chi connectivity index (χ2v) is 7.50. The monoisotopic (exact) mass is 359 g/mol. The molecule has 0 fully saturated rings. The largest absolute Gasteiger partial charge is 0.493 e. The summed E-state index contributed by atoms with van der Waals surface area (Å²) in [6.45, 7) is 1.27. The molecule has 0 spiro atoms. The smallest absolute Gasteiger partial charge is 0.240 e. The van der Waals surface area contributed by atoms with Crippen LogP contribution in [0.25, 0.3) is 11.3 Å². The number of hydrogen-bond donors (Lipinski definition) is 1. The van der Waals surface area contributed by atoms with Gasteiger partial charge in [0, 0.05) is 19.2 Å². The first-order valence-electron chi connectivity index (χ1n) is 7.93. The standard InChI is InChI=1S/C17H17N3O4S/c21-25(22,15-3-4-17-13(10-15)5-9-24-17)19-6-7-20-12-14(11-18-20)16-2-1-8-23-16/h1-4,8,10-12,19H,5-7,9H2. The van der Waals surface area contributed by atoms with Crippen LogP contribution < -0.4 is 9.46 Å². The molecule has 2 aromatic heterocycles. The van der Waals surface area contributed by atoms with Crippen molar-refractivity contribution in [1.29, 1.82) is 0 Å². The maximum atomic E-state index is 12.4. The Bertz CT molecular complexity index is 977. The van der Waals surface area contributed by atoms with E-state index in [0.717, 1.165) is 29.1 Å². The Labute approximate surface area is 145 Å². The van der Waals surface area contributed by atoms with Crippen molar-refractivity contribution >= 4 is 10.0 Å². The van der Waals surface area contributed by atoms with E-state index in [1.54, 1.807) is 35.3 Å². The van der Waals surface area contributed by atoms with E-state index >= 15 is 0 Å². The molecule has 4 rings (SSSR count). The van der Waals surface area contributed by atoms with Gasteiger partial charge >= 0.3 is 0 Å². The Hall–Kier alpha value is -2.58. The summed E-state index contributed by atoms with van der Waals surface area (Å²) < 4.78 is 39.8. The van der Waals surface area contributed by atoms with Crippen LogP contribution in [0.15, 0.2) is 58.3 Å². The molecule has 130 valence electrons. The van der Waals surface area contributed by atoms with Crippen LogP contribution in [0, 0.1) is 0 Å². The molecule has 0 saturated carbocycles. The van der Waals surface area contributed by atoms with Gasteiger partial charge in [0.05, 0.1) is 36.1 Å². The van der Waals surface area contributed by atoms with Gasteiger partial charge in [-0.3, -0.25) is 4.68 Å². The minimum absolute atomic E-state index is 0.245. The SMILES string of the molecule is O=S(=O)(NCCn1cc(-c2ccco2)cn1)c1ccc2c(c1)CCO2. The van der Waals surface area contributed by atoms with Gasteiger partial charge < -0.3 is 9.15 Å². The summed E-state index contributed by atoms with van der Waals surface area (Å²) in [5.74, 6) is 1.49. The number of nitrogens with one attached hydrogen (secondary N) is 1. The lowest BCUT2D eigenvalue weighted by Crippen LogP contribution is -2.27. The zero-order chi connectivity index (χ0) is 17.3. The zero-order valence-electron chi connectivity index (χ0n) is 13.4. The first-order chi connectivity index (χ1) is 12.1. The van der Waals surface area contributed by atoms with Crippen molar-refractivity contribution in [1.82, 2.24) is 14.5 Å². The summed E-state index contributed by atoms with van der Waals surface area (Å²) in [4.78, 5) is 0.258. The molecule has 1 aliphatic heterocycles. The molecule has 3 aromatic rings. The second kappa shape index (κ2) is 6.38. The van der Waals surface area contributed by atoms with Gasteiger partial charge in [-0.1, -0.05) is 0 Å². The Morgan fingerprint density at radius 3 is 3.04 bits per heavy atom. The highest BCUT2D eigenvalue weighted by Crippen LogP contribution is 2.27. The number of furan rings is 1. The van der Waals surface area contributed by atoms with Crippen LogP contribution >= 0.6 is 0 Å². The van der Waals surface area contributed by atoms with Crippen molar-refractivity contribution in [3.63, 3.8) is 0 Å². The van der Waals surface area contributed by atoms with Crippen LogP contribution in [0.1, 0.15) is 5.56 Å². The van der Waals surface area contributed by atoms with Gasteiger partial charge in [0.2, 0.25) is 10.0 Å². The van der Waals surface area contributed by atoms with Crippen LogP contribution in [-0.2, 0) is 23.0 Å². The normalized spacial score (nSPS) is 13.6. The Morgan fingerprint density at radius 1 is 1.28 bits per heavy atom. The molecule has 0 atom stereocenters. The molecule has 25 heavy (non-hydrogen) atoms. The number of nitrogens with zero attached hydrogens (tertiary/aromatic N) is 2. The van der Waals surface area contributed by atoms with E-state index in [2.05, 4.69) is 9.82 Å². The fourth-order valence-electron chi connectivity index (χ4n) is 2.76. The molecular formula is C17H17N3O4S. The van der Waals surface area contributed by atoms with E-state index in [-0.39, 0.29) is 11.4 Å². The summed E-state index contributed by atoms with van der Waals surface area (Å²) in [7, 11) is -3.55. The maximum Gasteiger partial charge on any atom is 0.240 e. The number of hydrogen-bond acceptors (Lipinski definition) is 5. The minimum atomic E-state index is -3.55. The summed E-state index contributed by atoms with van der Waals surface area (Å²) in [6, 6.07) is 8.60. The number of rotatable bonds is 6. The van der Waals surface area contributed by atoms with Crippen LogP contribution in [0.3, 0.4) is 0 Å². The lowest BCUT2D eigenvalue weighted by atomic mass is 10.2. The highest BCUT2D eigenvalue weighted by atomic mass is 32.2. The molecule has 7 nitrogen and oxygen atoms in total. The predicted octanol–water partition coefficient (Wildman–Crippen LogP) is 2.06. The fourth-order valence-corrected chi connectivity index (χ4v) is 3.84. The van der Waals surface area contributed by atoms with Crippen LogP contribution in [-0.4, -0.2) is 31.3 Å². The average molecular weight is 359 g/mol. The summed E-state index contributed by atoms with van der Waals surface area (Å²) in [6.07, 6.45) is 5.84. The van der Waals surface area contributed by atoms with Gasteiger partial charge in [-0.15, -0.1) is 0 Å². The lowest BCUT2D eigenvalue weighted by Gasteiger charge is -2.08. The van der Waals surface area contributed by atoms with Crippen molar-refractivity contribution in [2.45, 2.75) is 17.9 Å². The summed E-state index contributed by atoms with van der Waals surface area (Å²) in [5, 5.41) is 4.22. The zero-order valence-corrected chi connectivity index (χ0v) is 14.2. The van der Waals surface area contributed by atoms with Crippen molar-refractivity contribution < 1.29 is 17.6 Å². The molecule has 0 aliphatic carbocycles. The molecule has 8 heteroatoms. The predicted molar refractivity (Wildman–Crippen MR) is 90.8 cm³/mol. The molecule has 0 radical (unpaired) electrons. The number of benzene rings is 1. The van der Waals surface area contributed by atoms with Gasteiger partial charge in [-0.2, -0.15) is 5.10 Å². The van der Waals surface area contributed by atoms with Gasteiger partial charge in [0.25, 0.3) is 0 Å². The maximum absolute atomic E-state index is 12.4. The van der Waals surface area contributed by atoms with E-state index in [0.29, 0.717) is 13.2 Å². The molecular weight excluding hydrogens is 342 g/mol. The van der Waals surface area contributed by atoms with Crippen molar-refractivity contribution in [3.05, 3.63) is 54.6 Å². The van der Waals surface area contributed by atoms with E-state index in [4.69, 9.17) is 9.15 Å². The fraction of sp³-hybridized carbons (Fsp3) is 0.235. The number of sulfonamides is 1. The minimum Gasteiger partial charge on any atom is -0.493 e. The Morgan fingerprint density at radius 2 is 2.20 bits per heavy atom. The lowest BCUT2D eigenvalue weighted by molar-refractivity contribution is 0.356. The molecule has 1 aliphatic rings. The molecule has 3 heterocycles. The van der Waals surface area contributed by atoms with Crippen LogP contribution in [0.2, 0.25) is 0 Å². The number of aromatic nitrogens is 2. The van der Waals surface area contributed by atoms with E-state index in [1.165, 1.54) is 0 Å². The second-order valence-electron chi connectivity index (χ2n) is 5.74. The summed E-state index contributed by atoms with van der Waals surface area (Å²) in [5.41, 5.74) is 1.78. The average Bonchev–Trinajstić information content (AvgIpc) is 3.34. The highest BCUT2D eigenvalue weighted by Gasteiger charge is 2.19. The van der Waals surface area contributed by atoms with Crippen LogP contribution in [0.5, 0.6) is 5.75 Å². The van der Waals surface area contributed by atoms with E-state index in [1.807, 2.05) is 18.3 Å². The Balaban J connectivity index is 1.39. The van der Waals surface area contributed by atoms with Crippen molar-refractivity contribution in [3.8, 4) is 17.1 Å². The third-order valence-electron chi connectivity index (χ3n) is 4.04.